The Morgan fingerprint density at radius 3 is 2.52 bits per heavy atom. The number of amides is 3. The second kappa shape index (κ2) is 8.52. The lowest BCUT2D eigenvalue weighted by Gasteiger charge is -2.15. The molecule has 0 aliphatic heterocycles. The van der Waals surface area contributed by atoms with Crippen LogP contribution in [-0.2, 0) is 19.1 Å². The van der Waals surface area contributed by atoms with Gasteiger partial charge in [0.15, 0.2) is 0 Å². The maximum Gasteiger partial charge on any atom is 0.308 e. The molecule has 1 aromatic rings. The van der Waals surface area contributed by atoms with Crippen LogP contribution < -0.4 is 16.4 Å². The number of primary amides is 1. The van der Waals surface area contributed by atoms with Crippen molar-refractivity contribution in [2.45, 2.75) is 26.3 Å². The van der Waals surface area contributed by atoms with E-state index in [0.717, 1.165) is 0 Å². The Balaban J connectivity index is 2.80. The molecule has 0 fully saturated rings. The van der Waals surface area contributed by atoms with E-state index >= 15 is 0 Å². The van der Waals surface area contributed by atoms with Crippen molar-refractivity contribution in [1.82, 2.24) is 5.32 Å². The third kappa shape index (κ3) is 6.16. The molecule has 1 atom stereocenters. The molecule has 23 heavy (non-hydrogen) atoms. The summed E-state index contributed by atoms with van der Waals surface area (Å²) in [5.41, 5.74) is 5.84. The molecule has 0 saturated heterocycles. The standard InChI is InChI=1S/C15H19N3O5/c1-3-23-13(20)8-12(14(16)21)18-15(22)10-5-4-6-11(7-10)17-9(2)19/h4-7,12H,3,8H2,1-2H3,(H2,16,21)(H,17,19)(H,18,22)/t12-/m0/s1. The van der Waals surface area contributed by atoms with Crippen molar-refractivity contribution in [2.75, 3.05) is 11.9 Å². The molecule has 3 amide bonds. The van der Waals surface area contributed by atoms with Crippen LogP contribution in [0.4, 0.5) is 5.69 Å². The van der Waals surface area contributed by atoms with Crippen molar-refractivity contribution in [3.63, 3.8) is 0 Å². The summed E-state index contributed by atoms with van der Waals surface area (Å²) in [6, 6.07) is 4.96. The molecular formula is C15H19N3O5. The number of anilines is 1. The average Bonchev–Trinajstić information content (AvgIpc) is 2.46. The Morgan fingerprint density at radius 2 is 1.96 bits per heavy atom. The molecule has 0 aromatic heterocycles. The van der Waals surface area contributed by atoms with E-state index in [0.29, 0.717) is 5.69 Å². The average molecular weight is 321 g/mol. The molecule has 0 saturated carbocycles. The number of nitrogens with two attached hydrogens (primary N) is 1. The highest BCUT2D eigenvalue weighted by molar-refractivity contribution is 5.99. The summed E-state index contributed by atoms with van der Waals surface area (Å²) in [5, 5.41) is 4.92. The predicted molar refractivity (Wildman–Crippen MR) is 82.4 cm³/mol. The predicted octanol–water partition coefficient (Wildman–Crippen LogP) is 0.182. The fourth-order valence-corrected chi connectivity index (χ4v) is 1.79. The van der Waals surface area contributed by atoms with Crippen LogP contribution in [0.25, 0.3) is 0 Å². The number of rotatable bonds is 7. The van der Waals surface area contributed by atoms with Crippen molar-refractivity contribution in [2.24, 2.45) is 5.73 Å². The first-order chi connectivity index (χ1) is 10.8. The minimum atomic E-state index is -1.18. The molecule has 1 aromatic carbocycles. The molecule has 0 spiro atoms. The Labute approximate surface area is 133 Å². The van der Waals surface area contributed by atoms with Gasteiger partial charge in [-0.3, -0.25) is 19.2 Å². The lowest BCUT2D eigenvalue weighted by molar-refractivity contribution is -0.145. The molecular weight excluding hydrogens is 302 g/mol. The van der Waals surface area contributed by atoms with Gasteiger partial charge in [-0.1, -0.05) is 6.07 Å². The van der Waals surface area contributed by atoms with Gasteiger partial charge in [0, 0.05) is 18.2 Å². The third-order valence-electron chi connectivity index (χ3n) is 2.77. The molecule has 0 aliphatic carbocycles. The first kappa shape index (κ1) is 18.1. The van der Waals surface area contributed by atoms with Gasteiger partial charge in [0.1, 0.15) is 6.04 Å². The van der Waals surface area contributed by atoms with E-state index in [1.807, 2.05) is 0 Å². The maximum atomic E-state index is 12.2. The van der Waals surface area contributed by atoms with E-state index in [9.17, 15) is 19.2 Å². The number of nitrogens with one attached hydrogen (secondary N) is 2. The Bertz CT molecular complexity index is 615. The zero-order valence-corrected chi connectivity index (χ0v) is 12.9. The third-order valence-corrected chi connectivity index (χ3v) is 2.77. The highest BCUT2D eigenvalue weighted by atomic mass is 16.5. The number of ether oxygens (including phenoxy) is 1. The van der Waals surface area contributed by atoms with Crippen LogP contribution >= 0.6 is 0 Å². The smallest absolute Gasteiger partial charge is 0.308 e. The summed E-state index contributed by atoms with van der Waals surface area (Å²) in [5.74, 6) is -2.35. The van der Waals surface area contributed by atoms with Crippen molar-refractivity contribution in [3.8, 4) is 0 Å². The maximum absolute atomic E-state index is 12.2. The van der Waals surface area contributed by atoms with Crippen molar-refractivity contribution >= 4 is 29.4 Å². The Morgan fingerprint density at radius 1 is 1.26 bits per heavy atom. The van der Waals surface area contributed by atoms with Crippen LogP contribution in [0.1, 0.15) is 30.6 Å². The summed E-state index contributed by atoms with van der Waals surface area (Å²) >= 11 is 0. The minimum absolute atomic E-state index is 0.164. The molecule has 124 valence electrons. The van der Waals surface area contributed by atoms with Crippen molar-refractivity contribution < 1.29 is 23.9 Å². The van der Waals surface area contributed by atoms with E-state index in [1.54, 1.807) is 19.1 Å². The van der Waals surface area contributed by atoms with Gasteiger partial charge >= 0.3 is 5.97 Å². The molecule has 0 radical (unpaired) electrons. The van der Waals surface area contributed by atoms with Gasteiger partial charge in [-0.15, -0.1) is 0 Å². The van der Waals surface area contributed by atoms with E-state index in [2.05, 4.69) is 10.6 Å². The van der Waals surface area contributed by atoms with Crippen LogP contribution in [0.3, 0.4) is 0 Å². The Kier molecular flexibility index (Phi) is 6.72. The molecule has 1 rings (SSSR count). The molecule has 8 heteroatoms. The highest BCUT2D eigenvalue weighted by Gasteiger charge is 2.23. The minimum Gasteiger partial charge on any atom is -0.466 e. The lowest BCUT2D eigenvalue weighted by atomic mass is 10.1. The van der Waals surface area contributed by atoms with Gasteiger partial charge in [0.25, 0.3) is 5.91 Å². The first-order valence-corrected chi connectivity index (χ1v) is 6.97. The fourth-order valence-electron chi connectivity index (χ4n) is 1.79. The number of hydrogen-bond donors (Lipinski definition) is 3. The largest absolute Gasteiger partial charge is 0.466 e. The van der Waals surface area contributed by atoms with Crippen LogP contribution in [0.2, 0.25) is 0 Å². The van der Waals surface area contributed by atoms with E-state index in [4.69, 9.17) is 10.5 Å². The molecule has 0 bridgehead atoms. The SMILES string of the molecule is CCOC(=O)C[C@H](NC(=O)c1cccc(NC(C)=O)c1)C(N)=O. The lowest BCUT2D eigenvalue weighted by Crippen LogP contribution is -2.45. The van der Waals surface area contributed by atoms with Crippen LogP contribution in [0.15, 0.2) is 24.3 Å². The summed E-state index contributed by atoms with van der Waals surface area (Å²) in [4.78, 5) is 46.0. The second-order valence-corrected chi connectivity index (χ2v) is 4.70. The van der Waals surface area contributed by atoms with Crippen molar-refractivity contribution in [3.05, 3.63) is 29.8 Å². The Hall–Kier alpha value is -2.90. The zero-order valence-electron chi connectivity index (χ0n) is 12.9. The number of carbonyl (C=O) groups is 4. The first-order valence-electron chi connectivity index (χ1n) is 6.97. The molecule has 0 unspecified atom stereocenters. The number of carbonyl (C=O) groups excluding carboxylic acids is 4. The monoisotopic (exact) mass is 321 g/mol. The zero-order chi connectivity index (χ0) is 17.4. The number of benzene rings is 1. The fraction of sp³-hybridized carbons (Fsp3) is 0.333. The molecule has 0 heterocycles. The molecule has 0 aliphatic rings. The van der Waals surface area contributed by atoms with E-state index in [-0.39, 0.29) is 24.5 Å². The summed E-state index contributed by atoms with van der Waals surface area (Å²) in [7, 11) is 0. The number of esters is 1. The second-order valence-electron chi connectivity index (χ2n) is 4.70. The molecule has 4 N–H and O–H groups in total. The summed E-state index contributed by atoms with van der Waals surface area (Å²) in [6.45, 7) is 3.13. The van der Waals surface area contributed by atoms with Crippen LogP contribution in [0.5, 0.6) is 0 Å². The van der Waals surface area contributed by atoms with Gasteiger partial charge in [-0.05, 0) is 25.1 Å². The number of hydrogen-bond acceptors (Lipinski definition) is 5. The van der Waals surface area contributed by atoms with Crippen LogP contribution in [-0.4, -0.2) is 36.3 Å². The summed E-state index contributed by atoms with van der Waals surface area (Å²) < 4.78 is 4.73. The van der Waals surface area contributed by atoms with Gasteiger partial charge in [-0.25, -0.2) is 0 Å². The van der Waals surface area contributed by atoms with Gasteiger partial charge in [0.05, 0.1) is 13.0 Å². The summed E-state index contributed by atoms with van der Waals surface area (Å²) in [6.07, 6.45) is -0.347. The van der Waals surface area contributed by atoms with Crippen molar-refractivity contribution in [1.29, 1.82) is 0 Å². The van der Waals surface area contributed by atoms with Gasteiger partial charge in [0.2, 0.25) is 11.8 Å². The quantitative estimate of drug-likeness (QED) is 0.617. The molecule has 8 nitrogen and oxygen atoms in total. The topological polar surface area (TPSA) is 128 Å². The van der Waals surface area contributed by atoms with Gasteiger partial charge < -0.3 is 21.1 Å². The van der Waals surface area contributed by atoms with Gasteiger partial charge in [-0.2, -0.15) is 0 Å². The highest BCUT2D eigenvalue weighted by Crippen LogP contribution is 2.11. The van der Waals surface area contributed by atoms with Crippen LogP contribution in [0, 0.1) is 0 Å². The van der Waals surface area contributed by atoms with E-state index in [1.165, 1.54) is 19.1 Å². The normalized spacial score (nSPS) is 11.2. The van der Waals surface area contributed by atoms with E-state index < -0.39 is 23.8 Å².